The van der Waals surface area contributed by atoms with Gasteiger partial charge in [0, 0.05) is 30.1 Å². The average molecular weight is 400 g/mol. The van der Waals surface area contributed by atoms with E-state index in [1.165, 1.54) is 4.90 Å². The Balaban J connectivity index is 1.92. The molecule has 0 unspecified atom stereocenters. The number of rotatable bonds is 1. The highest BCUT2D eigenvalue weighted by Gasteiger charge is 2.33. The molecule has 0 spiro atoms. The molecule has 3 heterocycles. The van der Waals surface area contributed by atoms with E-state index in [1.54, 1.807) is 23.1 Å². The van der Waals surface area contributed by atoms with Gasteiger partial charge >= 0.3 is 6.09 Å². The number of nitrogens with zero attached hydrogens (tertiary/aromatic N) is 4. The van der Waals surface area contributed by atoms with Crippen LogP contribution in [0.4, 0.5) is 9.18 Å². The Morgan fingerprint density at radius 3 is 2.87 bits per heavy atom. The highest BCUT2D eigenvalue weighted by Crippen LogP contribution is 2.36. The van der Waals surface area contributed by atoms with E-state index in [9.17, 15) is 9.18 Å². The number of fused-ring (bicyclic) bond motifs is 3. The van der Waals surface area contributed by atoms with Gasteiger partial charge in [0.1, 0.15) is 5.52 Å². The maximum atomic E-state index is 14.4. The summed E-state index contributed by atoms with van der Waals surface area (Å²) in [7, 11) is 0. The molecular formula is C14H9BrClFN4O2. The van der Waals surface area contributed by atoms with Crippen molar-refractivity contribution in [3.05, 3.63) is 33.8 Å². The number of carbonyl (C=O) groups is 1. The van der Waals surface area contributed by atoms with Crippen LogP contribution in [0.3, 0.4) is 0 Å². The molecule has 3 aromatic rings. The van der Waals surface area contributed by atoms with E-state index < -0.39 is 11.9 Å². The third-order valence-electron chi connectivity index (χ3n) is 4.03. The highest BCUT2D eigenvalue weighted by molar-refractivity contribution is 9.10. The Kier molecular flexibility index (Phi) is 3.21. The molecule has 1 aliphatic heterocycles. The van der Waals surface area contributed by atoms with Gasteiger partial charge in [-0.05, 0) is 22.0 Å². The largest absolute Gasteiger partial charge is 0.465 e. The number of carboxylic acid groups (broad SMARTS) is 1. The van der Waals surface area contributed by atoms with Crippen molar-refractivity contribution in [2.24, 2.45) is 0 Å². The number of benzene rings is 1. The van der Waals surface area contributed by atoms with E-state index in [-0.39, 0.29) is 21.1 Å². The lowest BCUT2D eigenvalue weighted by Gasteiger charge is -2.37. The first-order valence-corrected chi connectivity index (χ1v) is 7.91. The highest BCUT2D eigenvalue weighted by atomic mass is 79.9. The van der Waals surface area contributed by atoms with Crippen LogP contribution in [-0.2, 0) is 0 Å². The van der Waals surface area contributed by atoms with Crippen molar-refractivity contribution in [2.45, 2.75) is 6.04 Å². The Morgan fingerprint density at radius 1 is 1.43 bits per heavy atom. The second kappa shape index (κ2) is 5.04. The summed E-state index contributed by atoms with van der Waals surface area (Å²) in [6, 6.07) is 1.56. The van der Waals surface area contributed by atoms with Gasteiger partial charge in [-0.25, -0.2) is 9.18 Å². The van der Waals surface area contributed by atoms with Crippen molar-refractivity contribution in [3.8, 4) is 0 Å². The van der Waals surface area contributed by atoms with E-state index in [0.29, 0.717) is 24.0 Å². The molecule has 23 heavy (non-hydrogen) atoms. The number of halogens is 3. The first kappa shape index (κ1) is 14.6. The Bertz CT molecular complexity index is 970. The van der Waals surface area contributed by atoms with Crippen LogP contribution in [0.2, 0.25) is 5.02 Å². The molecule has 1 saturated heterocycles. The zero-order chi connectivity index (χ0) is 16.3. The third-order valence-corrected chi connectivity index (χ3v) is 5.33. The lowest BCUT2D eigenvalue weighted by Crippen LogP contribution is -2.50. The second-order valence-corrected chi connectivity index (χ2v) is 6.58. The van der Waals surface area contributed by atoms with E-state index >= 15 is 0 Å². The average Bonchev–Trinajstić information content (AvgIpc) is 2.87. The van der Waals surface area contributed by atoms with Crippen molar-refractivity contribution >= 4 is 55.4 Å². The van der Waals surface area contributed by atoms with Gasteiger partial charge in [0.25, 0.3) is 0 Å². The van der Waals surface area contributed by atoms with E-state index in [4.69, 9.17) is 16.7 Å². The summed E-state index contributed by atoms with van der Waals surface area (Å²) >= 11 is 9.18. The van der Waals surface area contributed by atoms with E-state index in [1.807, 2.05) is 0 Å². The summed E-state index contributed by atoms with van der Waals surface area (Å²) in [5, 5.41) is 14.8. The molecule has 1 aliphatic rings. The fraction of sp³-hybridized carbons (Fsp3) is 0.214. The van der Waals surface area contributed by atoms with Crippen LogP contribution in [0, 0.1) is 5.82 Å². The van der Waals surface area contributed by atoms with Crippen LogP contribution < -0.4 is 0 Å². The molecule has 1 aromatic carbocycles. The Hall–Kier alpha value is -1.93. The van der Waals surface area contributed by atoms with Gasteiger partial charge in [0.05, 0.1) is 27.3 Å². The molecule has 1 N–H and O–H groups in total. The molecule has 0 radical (unpaired) electrons. The minimum absolute atomic E-state index is 0.0836. The maximum Gasteiger partial charge on any atom is 0.407 e. The van der Waals surface area contributed by atoms with Gasteiger partial charge in [0.15, 0.2) is 5.82 Å². The molecule has 0 atom stereocenters. The molecule has 9 heteroatoms. The number of amides is 1. The van der Waals surface area contributed by atoms with Crippen LogP contribution in [0.25, 0.3) is 21.8 Å². The predicted octanol–water partition coefficient (Wildman–Crippen LogP) is 3.67. The predicted molar refractivity (Wildman–Crippen MR) is 86.3 cm³/mol. The smallest absolute Gasteiger partial charge is 0.407 e. The molecule has 118 valence electrons. The standard InChI is InChI=1S/C14H9BrClFN4O2/c15-10-9(16)1-8-12(11(10)17)18-2-6-3-19-21(13(6)8)7-4-20(5-7)14(22)23/h1-3,7H,4-5H2,(H,22,23). The summed E-state index contributed by atoms with van der Waals surface area (Å²) in [5.74, 6) is -0.525. The molecular weight excluding hydrogens is 391 g/mol. The Morgan fingerprint density at radius 2 is 2.17 bits per heavy atom. The first-order valence-electron chi connectivity index (χ1n) is 6.74. The minimum Gasteiger partial charge on any atom is -0.465 e. The van der Waals surface area contributed by atoms with Gasteiger partial charge in [-0.2, -0.15) is 5.10 Å². The summed E-state index contributed by atoms with van der Waals surface area (Å²) in [6.45, 7) is 0.700. The zero-order valence-corrected chi connectivity index (χ0v) is 13.8. The fourth-order valence-electron chi connectivity index (χ4n) is 2.82. The summed E-state index contributed by atoms with van der Waals surface area (Å²) < 4.78 is 16.3. The molecule has 0 aliphatic carbocycles. The number of aromatic nitrogens is 3. The topological polar surface area (TPSA) is 71.2 Å². The number of hydrogen-bond donors (Lipinski definition) is 1. The van der Waals surface area contributed by atoms with Crippen molar-refractivity contribution in [1.29, 1.82) is 0 Å². The lowest BCUT2D eigenvalue weighted by molar-refractivity contribution is 0.0829. The molecule has 1 fully saturated rings. The van der Waals surface area contributed by atoms with E-state index in [2.05, 4.69) is 26.0 Å². The molecule has 4 rings (SSSR count). The number of likely N-dealkylation sites (tertiary alicyclic amines) is 1. The van der Waals surface area contributed by atoms with Crippen LogP contribution in [0.15, 0.2) is 22.9 Å². The maximum absolute atomic E-state index is 14.4. The molecule has 0 saturated carbocycles. The van der Waals surface area contributed by atoms with Gasteiger partial charge in [0.2, 0.25) is 0 Å². The molecule has 1 amide bonds. The van der Waals surface area contributed by atoms with Crippen molar-refractivity contribution in [3.63, 3.8) is 0 Å². The van der Waals surface area contributed by atoms with Crippen molar-refractivity contribution < 1.29 is 14.3 Å². The van der Waals surface area contributed by atoms with Crippen LogP contribution in [0.1, 0.15) is 6.04 Å². The Labute approximate surface area is 142 Å². The van der Waals surface area contributed by atoms with Crippen molar-refractivity contribution in [2.75, 3.05) is 13.1 Å². The monoisotopic (exact) mass is 398 g/mol. The second-order valence-electron chi connectivity index (χ2n) is 5.38. The van der Waals surface area contributed by atoms with Gasteiger partial charge < -0.3 is 10.0 Å². The van der Waals surface area contributed by atoms with Gasteiger partial charge in [-0.1, -0.05) is 11.6 Å². The number of pyridine rings is 1. The zero-order valence-electron chi connectivity index (χ0n) is 11.5. The van der Waals surface area contributed by atoms with Gasteiger partial charge in [-0.15, -0.1) is 0 Å². The normalized spacial score (nSPS) is 15.3. The fourth-order valence-corrected chi connectivity index (χ4v) is 3.31. The third kappa shape index (κ3) is 2.08. The lowest BCUT2D eigenvalue weighted by atomic mass is 10.1. The van der Waals surface area contributed by atoms with Crippen LogP contribution in [-0.4, -0.2) is 44.0 Å². The molecule has 2 aromatic heterocycles. The SMILES string of the molecule is O=C(O)N1CC(n2ncc3cnc4c(F)c(Br)c(Cl)cc4c32)C1. The summed E-state index contributed by atoms with van der Waals surface area (Å²) in [5.41, 5.74) is 0.906. The van der Waals surface area contributed by atoms with Crippen LogP contribution >= 0.6 is 27.5 Å². The minimum atomic E-state index is -0.956. The summed E-state index contributed by atoms with van der Waals surface area (Å²) in [4.78, 5) is 16.4. The first-order chi connectivity index (χ1) is 11.0. The number of hydrogen-bond acceptors (Lipinski definition) is 3. The van der Waals surface area contributed by atoms with E-state index in [0.717, 1.165) is 5.39 Å². The van der Waals surface area contributed by atoms with Crippen molar-refractivity contribution in [1.82, 2.24) is 19.7 Å². The molecule has 0 bridgehead atoms. The van der Waals surface area contributed by atoms with Crippen LogP contribution in [0.5, 0.6) is 0 Å². The van der Waals surface area contributed by atoms with Gasteiger partial charge in [-0.3, -0.25) is 9.67 Å². The quantitative estimate of drug-likeness (QED) is 0.634. The summed E-state index contributed by atoms with van der Waals surface area (Å²) in [6.07, 6.45) is 2.24. The molecule has 6 nitrogen and oxygen atoms in total.